The van der Waals surface area contributed by atoms with Crippen LogP contribution in [0.4, 0.5) is 0 Å². The quantitative estimate of drug-likeness (QED) is 0.768. The number of nitrogens with one attached hydrogen (secondary N) is 1. The van der Waals surface area contributed by atoms with Gasteiger partial charge in [-0.05, 0) is 29.3 Å². The van der Waals surface area contributed by atoms with Gasteiger partial charge in [0.05, 0.1) is 0 Å². The van der Waals surface area contributed by atoms with Crippen LogP contribution in [-0.2, 0) is 0 Å². The molecule has 4 heteroatoms. The highest BCUT2D eigenvalue weighted by atomic mass is 35.5. The molecule has 0 aliphatic heterocycles. The van der Waals surface area contributed by atoms with Crippen LogP contribution in [0.15, 0.2) is 48.8 Å². The highest BCUT2D eigenvalue weighted by Crippen LogP contribution is 2.32. The Morgan fingerprint density at radius 3 is 2.79 bits per heavy atom. The van der Waals surface area contributed by atoms with Gasteiger partial charge < -0.3 is 10.7 Å². The van der Waals surface area contributed by atoms with Crippen molar-refractivity contribution in [2.45, 2.75) is 5.92 Å². The SMILES string of the molecule is NCC(c1ccccc1Cl)c1c[nH]c2ncccc12. The third kappa shape index (κ3) is 2.11. The summed E-state index contributed by atoms with van der Waals surface area (Å²) in [7, 11) is 0. The number of nitrogens with two attached hydrogens (primary N) is 1. The van der Waals surface area contributed by atoms with Crippen LogP contribution in [0.2, 0.25) is 5.02 Å². The Morgan fingerprint density at radius 2 is 2.00 bits per heavy atom. The minimum Gasteiger partial charge on any atom is -0.346 e. The summed E-state index contributed by atoms with van der Waals surface area (Å²) >= 11 is 6.28. The Hall–Kier alpha value is -1.84. The maximum Gasteiger partial charge on any atom is 0.137 e. The molecule has 1 aromatic carbocycles. The first-order chi connectivity index (χ1) is 9.31. The first-order valence-electron chi connectivity index (χ1n) is 6.17. The minimum absolute atomic E-state index is 0.0756. The van der Waals surface area contributed by atoms with E-state index in [1.807, 2.05) is 42.6 Å². The molecule has 0 fully saturated rings. The molecule has 0 bridgehead atoms. The topological polar surface area (TPSA) is 54.7 Å². The minimum atomic E-state index is 0.0756. The summed E-state index contributed by atoms with van der Waals surface area (Å²) < 4.78 is 0. The molecule has 0 aliphatic carbocycles. The van der Waals surface area contributed by atoms with E-state index in [9.17, 15) is 0 Å². The van der Waals surface area contributed by atoms with Gasteiger partial charge in [-0.15, -0.1) is 0 Å². The van der Waals surface area contributed by atoms with Gasteiger partial charge in [-0.2, -0.15) is 0 Å². The number of hydrogen-bond acceptors (Lipinski definition) is 2. The number of nitrogens with zero attached hydrogens (tertiary/aromatic N) is 1. The Labute approximate surface area is 116 Å². The zero-order valence-electron chi connectivity index (χ0n) is 10.3. The molecule has 2 aromatic heterocycles. The van der Waals surface area contributed by atoms with E-state index in [0.29, 0.717) is 6.54 Å². The van der Waals surface area contributed by atoms with Gasteiger partial charge >= 0.3 is 0 Å². The number of rotatable bonds is 3. The summed E-state index contributed by atoms with van der Waals surface area (Å²) in [5, 5.41) is 1.84. The number of halogens is 1. The molecule has 3 N–H and O–H groups in total. The van der Waals surface area contributed by atoms with Crippen molar-refractivity contribution in [1.29, 1.82) is 0 Å². The second-order valence-electron chi connectivity index (χ2n) is 4.45. The van der Waals surface area contributed by atoms with E-state index in [0.717, 1.165) is 27.2 Å². The van der Waals surface area contributed by atoms with Gasteiger partial charge in [-0.25, -0.2) is 4.98 Å². The van der Waals surface area contributed by atoms with Crippen molar-refractivity contribution in [3.05, 3.63) is 64.9 Å². The van der Waals surface area contributed by atoms with Crippen LogP contribution in [0.5, 0.6) is 0 Å². The molecule has 3 nitrogen and oxygen atoms in total. The van der Waals surface area contributed by atoms with Gasteiger partial charge in [0.25, 0.3) is 0 Å². The molecule has 0 spiro atoms. The zero-order valence-corrected chi connectivity index (χ0v) is 11.1. The summed E-state index contributed by atoms with van der Waals surface area (Å²) in [6, 6.07) is 11.8. The number of pyridine rings is 1. The van der Waals surface area contributed by atoms with Crippen LogP contribution in [0, 0.1) is 0 Å². The second kappa shape index (κ2) is 5.03. The summed E-state index contributed by atoms with van der Waals surface area (Å²) in [6.45, 7) is 0.506. The number of hydrogen-bond donors (Lipinski definition) is 2. The van der Waals surface area contributed by atoms with E-state index < -0.39 is 0 Å². The van der Waals surface area contributed by atoms with E-state index in [2.05, 4.69) is 9.97 Å². The molecule has 1 unspecified atom stereocenters. The lowest BCUT2D eigenvalue weighted by Crippen LogP contribution is -2.14. The van der Waals surface area contributed by atoms with E-state index in [1.165, 1.54) is 0 Å². The van der Waals surface area contributed by atoms with E-state index >= 15 is 0 Å². The fraction of sp³-hybridized carbons (Fsp3) is 0.133. The number of fused-ring (bicyclic) bond motifs is 1. The van der Waals surface area contributed by atoms with Gasteiger partial charge in [-0.1, -0.05) is 29.8 Å². The Bertz CT molecular complexity index is 705. The van der Waals surface area contributed by atoms with Crippen LogP contribution in [-0.4, -0.2) is 16.5 Å². The number of aromatic amines is 1. The second-order valence-corrected chi connectivity index (χ2v) is 4.86. The summed E-state index contributed by atoms with van der Waals surface area (Å²) in [5.74, 6) is 0.0756. The van der Waals surface area contributed by atoms with Gasteiger partial charge in [-0.3, -0.25) is 0 Å². The van der Waals surface area contributed by atoms with Crippen LogP contribution in [0.1, 0.15) is 17.0 Å². The van der Waals surface area contributed by atoms with Crippen LogP contribution in [0.25, 0.3) is 11.0 Å². The van der Waals surface area contributed by atoms with Gasteiger partial charge in [0.1, 0.15) is 5.65 Å². The highest BCUT2D eigenvalue weighted by molar-refractivity contribution is 6.31. The first-order valence-corrected chi connectivity index (χ1v) is 6.55. The molecular formula is C15H14ClN3. The average molecular weight is 272 g/mol. The highest BCUT2D eigenvalue weighted by Gasteiger charge is 2.18. The lowest BCUT2D eigenvalue weighted by atomic mass is 9.91. The smallest absolute Gasteiger partial charge is 0.137 e. The molecule has 3 aromatic rings. The Morgan fingerprint density at radius 1 is 1.16 bits per heavy atom. The molecule has 0 saturated heterocycles. The maximum absolute atomic E-state index is 6.28. The van der Waals surface area contributed by atoms with Crippen molar-refractivity contribution in [3.63, 3.8) is 0 Å². The summed E-state index contributed by atoms with van der Waals surface area (Å²) in [4.78, 5) is 7.49. The van der Waals surface area contributed by atoms with Crippen LogP contribution < -0.4 is 5.73 Å². The Kier molecular flexibility index (Phi) is 3.23. The molecule has 0 radical (unpaired) electrons. The first kappa shape index (κ1) is 12.2. The monoisotopic (exact) mass is 271 g/mol. The van der Waals surface area contributed by atoms with Crippen molar-refractivity contribution in [2.24, 2.45) is 5.73 Å². The molecule has 96 valence electrons. The average Bonchev–Trinajstić information content (AvgIpc) is 2.86. The summed E-state index contributed by atoms with van der Waals surface area (Å²) in [6.07, 6.45) is 3.74. The molecule has 0 saturated carbocycles. The van der Waals surface area contributed by atoms with Gasteiger partial charge in [0.15, 0.2) is 0 Å². The number of benzene rings is 1. The van der Waals surface area contributed by atoms with Crippen molar-refractivity contribution in [1.82, 2.24) is 9.97 Å². The molecule has 1 atom stereocenters. The molecule has 19 heavy (non-hydrogen) atoms. The fourth-order valence-corrected chi connectivity index (χ4v) is 2.71. The normalized spacial score (nSPS) is 12.7. The van der Waals surface area contributed by atoms with Crippen LogP contribution in [0.3, 0.4) is 0 Å². The maximum atomic E-state index is 6.28. The van der Waals surface area contributed by atoms with E-state index in [1.54, 1.807) is 6.20 Å². The number of H-pyrrole nitrogens is 1. The lowest BCUT2D eigenvalue weighted by Gasteiger charge is -2.16. The largest absolute Gasteiger partial charge is 0.346 e. The predicted molar refractivity (Wildman–Crippen MR) is 78.4 cm³/mol. The van der Waals surface area contributed by atoms with Crippen LogP contribution >= 0.6 is 11.6 Å². The van der Waals surface area contributed by atoms with Crippen molar-refractivity contribution in [3.8, 4) is 0 Å². The third-order valence-electron chi connectivity index (χ3n) is 3.37. The Balaban J connectivity index is 2.15. The zero-order chi connectivity index (χ0) is 13.2. The summed E-state index contributed by atoms with van der Waals surface area (Å²) in [5.41, 5.74) is 9.03. The van der Waals surface area contributed by atoms with Gasteiger partial charge in [0.2, 0.25) is 0 Å². The predicted octanol–water partition coefficient (Wildman–Crippen LogP) is 3.31. The van der Waals surface area contributed by atoms with Gasteiger partial charge in [0, 0.05) is 35.3 Å². The van der Waals surface area contributed by atoms with Crippen molar-refractivity contribution in [2.75, 3.05) is 6.54 Å². The van der Waals surface area contributed by atoms with Crippen molar-refractivity contribution < 1.29 is 0 Å². The van der Waals surface area contributed by atoms with E-state index in [-0.39, 0.29) is 5.92 Å². The number of aromatic nitrogens is 2. The standard InChI is InChI=1S/C15H14ClN3/c16-14-6-2-1-4-10(14)12(8-17)13-9-19-15-11(13)5-3-7-18-15/h1-7,9,12H,8,17H2,(H,18,19). The fourth-order valence-electron chi connectivity index (χ4n) is 2.44. The molecule has 0 amide bonds. The van der Waals surface area contributed by atoms with E-state index in [4.69, 9.17) is 17.3 Å². The molecule has 3 rings (SSSR count). The lowest BCUT2D eigenvalue weighted by molar-refractivity contribution is 0.826. The third-order valence-corrected chi connectivity index (χ3v) is 3.72. The van der Waals surface area contributed by atoms with Crippen molar-refractivity contribution >= 4 is 22.6 Å². The molecule has 0 aliphatic rings. The molecule has 2 heterocycles. The molecular weight excluding hydrogens is 258 g/mol.